The molecule has 4 rings (SSSR count). The Morgan fingerprint density at radius 2 is 2.22 bits per heavy atom. The number of nitrogens with zero attached hydrogens (tertiary/aromatic N) is 4. The van der Waals surface area contributed by atoms with E-state index < -0.39 is 0 Å². The number of H-pyrrole nitrogens is 1. The summed E-state index contributed by atoms with van der Waals surface area (Å²) in [4.78, 5) is 25.8. The largest absolute Gasteiger partial charge is 0.390 e. The molecule has 3 aromatic heterocycles. The van der Waals surface area contributed by atoms with Crippen molar-refractivity contribution in [2.24, 2.45) is 5.16 Å². The number of aromatic nitrogens is 4. The zero-order valence-corrected chi connectivity index (χ0v) is 15.0. The first-order chi connectivity index (χ1) is 13.1. The van der Waals surface area contributed by atoms with Gasteiger partial charge in [-0.2, -0.15) is 5.10 Å². The van der Waals surface area contributed by atoms with Crippen LogP contribution < -0.4 is 10.6 Å². The zero-order valence-electron chi connectivity index (χ0n) is 15.0. The van der Waals surface area contributed by atoms with Crippen LogP contribution in [0.15, 0.2) is 35.7 Å². The van der Waals surface area contributed by atoms with Crippen LogP contribution in [0.3, 0.4) is 0 Å². The number of hydrogen-bond donors (Lipinski definition) is 3. The monoisotopic (exact) mass is 365 g/mol. The average Bonchev–Trinajstić information content (AvgIpc) is 3.25. The third kappa shape index (κ3) is 3.71. The van der Waals surface area contributed by atoms with Crippen LogP contribution in [0, 0.1) is 6.92 Å². The van der Waals surface area contributed by atoms with Gasteiger partial charge in [0.15, 0.2) is 0 Å². The minimum Gasteiger partial charge on any atom is -0.390 e. The third-order valence-electron chi connectivity index (χ3n) is 4.23. The molecule has 3 aromatic rings. The standard InChI is InChI=1S/C18H19N7O2/c1-10-5-12(3-4-19-10)17-14-9-20-16(7-15(14)23-24-17)22-18(26)21-8-13-6-11(2)25-27-13/h3-5,7,9,13H,6,8H2,1-2H3,(H,23,24)(H2,20,21,22,26). The molecule has 1 unspecified atom stereocenters. The molecule has 27 heavy (non-hydrogen) atoms. The number of rotatable bonds is 4. The maximum absolute atomic E-state index is 12.1. The molecule has 0 radical (unpaired) electrons. The third-order valence-corrected chi connectivity index (χ3v) is 4.23. The summed E-state index contributed by atoms with van der Waals surface area (Å²) >= 11 is 0. The van der Waals surface area contributed by atoms with E-state index in [2.05, 4.69) is 36.0 Å². The van der Waals surface area contributed by atoms with Crippen LogP contribution in [0.4, 0.5) is 10.6 Å². The SMILES string of the molecule is CC1=NOC(CNC(=O)Nc2cc3[nH]nc(-c4ccnc(C)c4)c3cn2)C1. The topological polar surface area (TPSA) is 117 Å². The number of aryl methyl sites for hydroxylation is 1. The number of urea groups is 1. The van der Waals surface area contributed by atoms with E-state index in [1.165, 1.54) is 0 Å². The first-order valence-corrected chi connectivity index (χ1v) is 8.60. The predicted molar refractivity (Wildman–Crippen MR) is 101 cm³/mol. The Morgan fingerprint density at radius 3 is 3.00 bits per heavy atom. The van der Waals surface area contributed by atoms with Gasteiger partial charge in [-0.1, -0.05) is 5.16 Å². The normalized spacial score (nSPS) is 16.1. The van der Waals surface area contributed by atoms with Crippen LogP contribution >= 0.6 is 0 Å². The number of carbonyl (C=O) groups is 1. The quantitative estimate of drug-likeness (QED) is 0.657. The number of anilines is 1. The predicted octanol–water partition coefficient (Wildman–Crippen LogP) is 2.61. The number of oxime groups is 1. The van der Waals surface area contributed by atoms with Crippen LogP contribution in [-0.4, -0.2) is 44.6 Å². The van der Waals surface area contributed by atoms with Crippen molar-refractivity contribution in [2.45, 2.75) is 26.4 Å². The Balaban J connectivity index is 1.44. The minimum absolute atomic E-state index is 0.120. The highest BCUT2D eigenvalue weighted by atomic mass is 16.6. The molecular formula is C18H19N7O2. The van der Waals surface area contributed by atoms with Crippen molar-refractivity contribution in [1.82, 2.24) is 25.5 Å². The summed E-state index contributed by atoms with van der Waals surface area (Å²) in [7, 11) is 0. The Morgan fingerprint density at radius 1 is 1.33 bits per heavy atom. The first-order valence-electron chi connectivity index (χ1n) is 8.60. The number of hydrogen-bond acceptors (Lipinski definition) is 6. The average molecular weight is 365 g/mol. The molecule has 0 saturated carbocycles. The molecule has 9 heteroatoms. The van der Waals surface area contributed by atoms with E-state index in [0.29, 0.717) is 12.4 Å². The number of amides is 2. The van der Waals surface area contributed by atoms with Crippen molar-refractivity contribution in [3.8, 4) is 11.3 Å². The smallest absolute Gasteiger partial charge is 0.320 e. The summed E-state index contributed by atoms with van der Waals surface area (Å²) in [6, 6.07) is 5.27. The Hall–Kier alpha value is -3.49. The fourth-order valence-corrected chi connectivity index (χ4v) is 2.94. The molecule has 0 spiro atoms. The second-order valence-electron chi connectivity index (χ2n) is 6.47. The number of carbonyl (C=O) groups excluding carboxylic acids is 1. The summed E-state index contributed by atoms with van der Waals surface area (Å²) in [5.74, 6) is 0.431. The molecule has 0 fully saturated rings. The van der Waals surface area contributed by atoms with Gasteiger partial charge in [0.25, 0.3) is 0 Å². The van der Waals surface area contributed by atoms with E-state index in [4.69, 9.17) is 4.84 Å². The van der Waals surface area contributed by atoms with Crippen molar-refractivity contribution in [3.05, 3.63) is 36.3 Å². The summed E-state index contributed by atoms with van der Waals surface area (Å²) in [5.41, 5.74) is 4.39. The number of nitrogens with one attached hydrogen (secondary N) is 3. The molecule has 9 nitrogen and oxygen atoms in total. The first kappa shape index (κ1) is 17.0. The molecule has 4 heterocycles. The van der Waals surface area contributed by atoms with Crippen LogP contribution in [0.5, 0.6) is 0 Å². The highest BCUT2D eigenvalue weighted by Crippen LogP contribution is 2.26. The Kier molecular flexibility index (Phi) is 4.41. The fourth-order valence-electron chi connectivity index (χ4n) is 2.94. The number of pyridine rings is 2. The summed E-state index contributed by atoms with van der Waals surface area (Å²) in [6.45, 7) is 4.21. The van der Waals surface area contributed by atoms with E-state index in [0.717, 1.165) is 40.0 Å². The molecule has 3 N–H and O–H groups in total. The van der Waals surface area contributed by atoms with Gasteiger partial charge in [-0.3, -0.25) is 15.4 Å². The molecule has 0 saturated heterocycles. The summed E-state index contributed by atoms with van der Waals surface area (Å²) in [5, 5.41) is 17.6. The van der Waals surface area contributed by atoms with Crippen LogP contribution in [0.1, 0.15) is 19.0 Å². The second-order valence-corrected chi connectivity index (χ2v) is 6.47. The molecule has 1 aliphatic heterocycles. The number of aromatic amines is 1. The molecule has 1 aliphatic rings. The molecule has 2 amide bonds. The lowest BCUT2D eigenvalue weighted by molar-refractivity contribution is 0.0870. The molecule has 0 aliphatic carbocycles. The van der Waals surface area contributed by atoms with Gasteiger partial charge in [0.05, 0.1) is 17.8 Å². The summed E-state index contributed by atoms with van der Waals surface area (Å²) < 4.78 is 0. The molecule has 1 atom stereocenters. The van der Waals surface area contributed by atoms with Crippen molar-refractivity contribution in [1.29, 1.82) is 0 Å². The minimum atomic E-state index is -0.348. The lowest BCUT2D eigenvalue weighted by atomic mass is 10.1. The van der Waals surface area contributed by atoms with E-state index in [1.54, 1.807) is 18.5 Å². The van der Waals surface area contributed by atoms with Crippen LogP contribution in [0.2, 0.25) is 0 Å². The fraction of sp³-hybridized carbons (Fsp3) is 0.278. The van der Waals surface area contributed by atoms with Crippen molar-refractivity contribution < 1.29 is 9.63 Å². The highest BCUT2D eigenvalue weighted by Gasteiger charge is 2.19. The van der Waals surface area contributed by atoms with Crippen LogP contribution in [0.25, 0.3) is 22.2 Å². The number of fused-ring (bicyclic) bond motifs is 1. The van der Waals surface area contributed by atoms with E-state index >= 15 is 0 Å². The van der Waals surface area contributed by atoms with Gasteiger partial charge in [-0.05, 0) is 26.0 Å². The van der Waals surface area contributed by atoms with Gasteiger partial charge in [0.2, 0.25) is 0 Å². The molecule has 138 valence electrons. The summed E-state index contributed by atoms with van der Waals surface area (Å²) in [6.07, 6.45) is 4.04. The van der Waals surface area contributed by atoms with Gasteiger partial charge in [-0.25, -0.2) is 9.78 Å². The zero-order chi connectivity index (χ0) is 18.8. The van der Waals surface area contributed by atoms with Gasteiger partial charge in [0, 0.05) is 41.5 Å². The second kappa shape index (κ2) is 7.02. The van der Waals surface area contributed by atoms with Crippen molar-refractivity contribution >= 4 is 28.5 Å². The van der Waals surface area contributed by atoms with Crippen LogP contribution in [-0.2, 0) is 4.84 Å². The highest BCUT2D eigenvalue weighted by molar-refractivity contribution is 5.95. The molecule has 0 aromatic carbocycles. The maximum atomic E-state index is 12.1. The van der Waals surface area contributed by atoms with Gasteiger partial charge < -0.3 is 10.2 Å². The van der Waals surface area contributed by atoms with Gasteiger partial charge >= 0.3 is 6.03 Å². The van der Waals surface area contributed by atoms with E-state index in [1.807, 2.05) is 26.0 Å². The van der Waals surface area contributed by atoms with Crippen molar-refractivity contribution in [2.75, 3.05) is 11.9 Å². The Labute approximate surface area is 155 Å². The van der Waals surface area contributed by atoms with E-state index in [9.17, 15) is 4.79 Å². The maximum Gasteiger partial charge on any atom is 0.320 e. The van der Waals surface area contributed by atoms with Gasteiger partial charge in [0.1, 0.15) is 17.6 Å². The lowest BCUT2D eigenvalue weighted by Crippen LogP contribution is -2.35. The Bertz CT molecular complexity index is 1030. The van der Waals surface area contributed by atoms with Crippen molar-refractivity contribution in [3.63, 3.8) is 0 Å². The van der Waals surface area contributed by atoms with E-state index in [-0.39, 0.29) is 12.1 Å². The van der Waals surface area contributed by atoms with Gasteiger partial charge in [-0.15, -0.1) is 0 Å². The lowest BCUT2D eigenvalue weighted by Gasteiger charge is -2.10. The molecule has 0 bridgehead atoms. The molecular weight excluding hydrogens is 346 g/mol.